The summed E-state index contributed by atoms with van der Waals surface area (Å²) in [4.78, 5) is 46.8. The molecule has 0 aliphatic carbocycles. The molecule has 236 valence electrons. The summed E-state index contributed by atoms with van der Waals surface area (Å²) in [7, 11) is 2.06. The van der Waals surface area contributed by atoms with Gasteiger partial charge in [-0.05, 0) is 11.8 Å². The molecule has 6 N–H and O–H groups in total. The largest absolute Gasteiger partial charge is 0.386 e. The van der Waals surface area contributed by atoms with Crippen molar-refractivity contribution in [2.24, 2.45) is 5.92 Å². The number of carbonyl (C=O) groups is 1. The Labute approximate surface area is 254 Å². The lowest BCUT2D eigenvalue weighted by Gasteiger charge is -2.26. The molecule has 6 heterocycles. The van der Waals surface area contributed by atoms with Crippen LogP contribution in [0.25, 0.3) is 22.3 Å². The van der Waals surface area contributed by atoms with Crippen molar-refractivity contribution in [1.82, 2.24) is 39.0 Å². The van der Waals surface area contributed by atoms with E-state index in [-0.39, 0.29) is 35.8 Å². The number of hydrogen-bond acceptors (Lipinski definition) is 16. The molecule has 2 aliphatic rings. The highest BCUT2D eigenvalue weighted by Crippen LogP contribution is 2.50. The van der Waals surface area contributed by atoms with Gasteiger partial charge in [0.2, 0.25) is 0 Å². The first-order valence-corrected chi connectivity index (χ1v) is 16.1. The van der Waals surface area contributed by atoms with E-state index in [1.807, 2.05) is 0 Å². The predicted molar refractivity (Wildman–Crippen MR) is 155 cm³/mol. The minimum Gasteiger partial charge on any atom is -0.386 e. The molecule has 6 rings (SSSR count). The minimum absolute atomic E-state index is 0.0811. The number of rotatable bonds is 11. The van der Waals surface area contributed by atoms with E-state index in [0.29, 0.717) is 17.5 Å². The van der Waals surface area contributed by atoms with Crippen LogP contribution in [0.3, 0.4) is 0 Å². The number of nitrogens with two attached hydrogens (primary N) is 2. The fourth-order valence-corrected chi connectivity index (χ4v) is 6.96. The number of aromatic nitrogens is 8. The summed E-state index contributed by atoms with van der Waals surface area (Å²) in [6.07, 6.45) is -3.03. The van der Waals surface area contributed by atoms with Gasteiger partial charge in [0.05, 0.1) is 25.9 Å². The van der Waals surface area contributed by atoms with Gasteiger partial charge in [-0.1, -0.05) is 0 Å². The zero-order valence-electron chi connectivity index (χ0n) is 22.5. The van der Waals surface area contributed by atoms with Gasteiger partial charge < -0.3 is 44.8 Å². The van der Waals surface area contributed by atoms with Crippen LogP contribution in [0.15, 0.2) is 25.3 Å². The lowest BCUT2D eigenvalue weighted by atomic mass is 9.98. The number of ether oxygens (including phenoxy) is 2. The number of fused-ring (bicyclic) bond motifs is 2. The van der Waals surface area contributed by atoms with Gasteiger partial charge in [-0.3, -0.25) is 13.7 Å². The Morgan fingerprint density at radius 3 is 2.18 bits per heavy atom. The molecule has 44 heavy (non-hydrogen) atoms. The second-order valence-corrected chi connectivity index (χ2v) is 13.1. The van der Waals surface area contributed by atoms with Crippen LogP contribution in [0.2, 0.25) is 0 Å². The van der Waals surface area contributed by atoms with E-state index < -0.39 is 62.3 Å². The standard InChI is InChI=1S/C22H27FN10O8P2S/c23-12-9(1-2-34)21(32-7-30-13-17(24)26-5-28-19(13)32)39-10(12)4-38-43(36,44)41-16-11(3-37-42)40-22(15(16)35)33-8-31-14-18(25)27-6-29-20(14)33/h2,5-12,15-16,21-22,35H,1,3-4,42H2,(H,36,44)(H2,24,26,28)(H2,25,27,29)/t9-,10-,11-,12-,15-,16-,21-,22-,43?/m1/s1. The van der Waals surface area contributed by atoms with Crippen molar-refractivity contribution in [2.75, 3.05) is 24.7 Å². The van der Waals surface area contributed by atoms with Crippen LogP contribution in [0.1, 0.15) is 18.9 Å². The van der Waals surface area contributed by atoms with E-state index in [4.69, 9.17) is 46.3 Å². The summed E-state index contributed by atoms with van der Waals surface area (Å²) >= 11 is 5.22. The van der Waals surface area contributed by atoms with Crippen molar-refractivity contribution in [3.63, 3.8) is 0 Å². The van der Waals surface area contributed by atoms with E-state index in [9.17, 15) is 14.8 Å². The van der Waals surface area contributed by atoms with E-state index in [0.717, 1.165) is 0 Å². The smallest absolute Gasteiger partial charge is 0.325 e. The van der Waals surface area contributed by atoms with Gasteiger partial charge in [0.15, 0.2) is 29.2 Å². The monoisotopic (exact) mass is 672 g/mol. The van der Waals surface area contributed by atoms with Crippen LogP contribution in [-0.2, 0) is 39.6 Å². The number of alkyl halides is 1. The van der Waals surface area contributed by atoms with E-state index in [2.05, 4.69) is 39.4 Å². The van der Waals surface area contributed by atoms with Gasteiger partial charge in [0.1, 0.15) is 66.8 Å². The van der Waals surface area contributed by atoms with Crippen LogP contribution in [0.5, 0.6) is 0 Å². The van der Waals surface area contributed by atoms with Crippen LogP contribution < -0.4 is 11.5 Å². The summed E-state index contributed by atoms with van der Waals surface area (Å²) in [5.74, 6) is -0.683. The van der Waals surface area contributed by atoms with Crippen LogP contribution in [0.4, 0.5) is 16.0 Å². The van der Waals surface area contributed by atoms with Crippen LogP contribution in [-0.4, -0.2) is 99.1 Å². The Morgan fingerprint density at radius 1 is 1.00 bits per heavy atom. The quantitative estimate of drug-likeness (QED) is 0.121. The fraction of sp³-hybridized carbons (Fsp3) is 0.500. The van der Waals surface area contributed by atoms with E-state index >= 15 is 4.39 Å². The Balaban J connectivity index is 1.17. The number of carbonyl (C=O) groups excluding carboxylic acids is 1. The highest BCUT2D eigenvalue weighted by atomic mass is 32.5. The van der Waals surface area contributed by atoms with Gasteiger partial charge in [0, 0.05) is 21.8 Å². The molecular formula is C22H27FN10O8P2S. The molecule has 18 nitrogen and oxygen atoms in total. The molecule has 2 unspecified atom stereocenters. The van der Waals surface area contributed by atoms with Gasteiger partial charge in [-0.15, -0.1) is 0 Å². The molecule has 2 fully saturated rings. The zero-order valence-corrected chi connectivity index (χ0v) is 25.4. The van der Waals surface area contributed by atoms with Crippen molar-refractivity contribution < 1.29 is 42.2 Å². The van der Waals surface area contributed by atoms with Crippen molar-refractivity contribution in [2.45, 2.75) is 49.5 Å². The number of nitrogen functional groups attached to an aromatic ring is 2. The number of hydrogen-bond donors (Lipinski definition) is 4. The Kier molecular flexibility index (Phi) is 8.82. The SMILES string of the molecule is Nc1ncnc2c1ncn2[C@@H]1O[C@H](COP)[C@@H](OP(O)(=S)OC[C@H]2O[C@@H](n3cnc4c(N)ncnc43)[C@H](CC=O)[C@H]2F)[C@H]1O. The minimum atomic E-state index is -4.15. The maximum Gasteiger partial charge on any atom is 0.325 e. The summed E-state index contributed by atoms with van der Waals surface area (Å²) in [6.45, 7) is -4.77. The highest BCUT2D eigenvalue weighted by molar-refractivity contribution is 8.07. The lowest BCUT2D eigenvalue weighted by molar-refractivity contribution is -0.109. The summed E-state index contributed by atoms with van der Waals surface area (Å²) in [5.41, 5.74) is 12.9. The summed E-state index contributed by atoms with van der Waals surface area (Å²) in [5, 5.41) is 11.2. The average molecular weight is 673 g/mol. The number of anilines is 2. The van der Waals surface area contributed by atoms with Gasteiger partial charge in [-0.2, -0.15) is 0 Å². The first-order valence-electron chi connectivity index (χ1n) is 13.0. The maximum atomic E-state index is 15.6. The molecule has 10 atom stereocenters. The first-order chi connectivity index (χ1) is 21.1. The second kappa shape index (κ2) is 12.5. The molecule has 4 aromatic heterocycles. The molecule has 0 saturated carbocycles. The molecule has 0 spiro atoms. The maximum absolute atomic E-state index is 15.6. The highest BCUT2D eigenvalue weighted by Gasteiger charge is 2.50. The molecule has 0 bridgehead atoms. The zero-order chi connectivity index (χ0) is 31.2. The van der Waals surface area contributed by atoms with Crippen molar-refractivity contribution in [3.8, 4) is 0 Å². The van der Waals surface area contributed by atoms with E-state index in [1.54, 1.807) is 0 Å². The molecular weight excluding hydrogens is 645 g/mol. The predicted octanol–water partition coefficient (Wildman–Crippen LogP) is -0.0451. The summed E-state index contributed by atoms with van der Waals surface area (Å²) in [6, 6.07) is 0. The Morgan fingerprint density at radius 2 is 1.59 bits per heavy atom. The number of aliphatic hydroxyl groups is 1. The van der Waals surface area contributed by atoms with E-state index in [1.165, 1.54) is 34.4 Å². The Bertz CT molecular complexity index is 1720. The van der Waals surface area contributed by atoms with Crippen molar-refractivity contribution in [1.29, 1.82) is 0 Å². The van der Waals surface area contributed by atoms with Gasteiger partial charge in [0.25, 0.3) is 0 Å². The molecule has 2 saturated heterocycles. The number of nitrogens with zero attached hydrogens (tertiary/aromatic N) is 8. The molecule has 0 aromatic carbocycles. The molecule has 0 amide bonds. The van der Waals surface area contributed by atoms with Gasteiger partial charge >= 0.3 is 6.72 Å². The molecule has 4 aromatic rings. The number of halogens is 1. The normalized spacial score (nSPS) is 30.3. The second-order valence-electron chi connectivity index (χ2n) is 9.97. The molecule has 22 heteroatoms. The van der Waals surface area contributed by atoms with Crippen molar-refractivity contribution >= 4 is 68.2 Å². The van der Waals surface area contributed by atoms with Crippen LogP contribution in [0, 0.1) is 5.92 Å². The number of aliphatic hydroxyl groups excluding tert-OH is 1. The van der Waals surface area contributed by atoms with Crippen molar-refractivity contribution in [3.05, 3.63) is 25.3 Å². The number of imidazole rings is 2. The van der Waals surface area contributed by atoms with Crippen LogP contribution >= 0.6 is 16.2 Å². The summed E-state index contributed by atoms with van der Waals surface area (Å²) < 4.78 is 46.7. The third kappa shape index (κ3) is 5.66. The lowest BCUT2D eigenvalue weighted by Crippen LogP contribution is -2.36. The third-order valence-corrected chi connectivity index (χ3v) is 9.11. The fourth-order valence-electron chi connectivity index (χ4n) is 5.32. The first kappa shape index (κ1) is 31.1. The van der Waals surface area contributed by atoms with Gasteiger partial charge in [-0.25, -0.2) is 34.3 Å². The third-order valence-electron chi connectivity index (χ3n) is 7.36. The topological polar surface area (TPSA) is 243 Å². The Hall–Kier alpha value is -2.90. The molecule has 2 aliphatic heterocycles. The number of aldehydes is 1. The molecule has 0 radical (unpaired) electrons. The average Bonchev–Trinajstić information content (AvgIpc) is 3.75.